The maximum Gasteiger partial charge on any atom is 0.407 e. The molecule has 5 saturated carbocycles. The molecular formula is C25H30FN7O3. The second kappa shape index (κ2) is 8.16. The summed E-state index contributed by atoms with van der Waals surface area (Å²) in [6, 6.07) is 3.83. The van der Waals surface area contributed by atoms with Crippen LogP contribution < -0.4 is 10.6 Å². The van der Waals surface area contributed by atoms with Gasteiger partial charge in [-0.1, -0.05) is 0 Å². The Kier molecular flexibility index (Phi) is 4.99. The van der Waals surface area contributed by atoms with Crippen molar-refractivity contribution in [3.8, 4) is 0 Å². The minimum Gasteiger partial charge on any atom is -0.443 e. The third-order valence-corrected chi connectivity index (χ3v) is 8.21. The molecule has 8 rings (SSSR count). The number of nitrogens with zero attached hydrogens (tertiary/aromatic N) is 4. The molecule has 11 heteroatoms. The number of imidazole rings is 1. The van der Waals surface area contributed by atoms with E-state index in [0.29, 0.717) is 42.8 Å². The third-order valence-electron chi connectivity index (χ3n) is 8.21. The highest BCUT2D eigenvalue weighted by Gasteiger charge is 2.58. The van der Waals surface area contributed by atoms with Gasteiger partial charge < -0.3 is 20.1 Å². The molecule has 3 atom stereocenters. The van der Waals surface area contributed by atoms with E-state index in [2.05, 4.69) is 25.8 Å². The molecule has 3 aromatic heterocycles. The Hall–Kier alpha value is -3.21. The molecule has 0 spiro atoms. The predicted molar refractivity (Wildman–Crippen MR) is 128 cm³/mol. The van der Waals surface area contributed by atoms with Crippen molar-refractivity contribution in [1.82, 2.24) is 29.9 Å². The van der Waals surface area contributed by atoms with Gasteiger partial charge in [-0.25, -0.2) is 19.2 Å². The lowest BCUT2D eigenvalue weighted by Gasteiger charge is -2.61. The van der Waals surface area contributed by atoms with E-state index in [9.17, 15) is 4.79 Å². The number of hydrogen-bond donors (Lipinski definition) is 3. The lowest BCUT2D eigenvalue weighted by Crippen LogP contribution is -2.68. The van der Waals surface area contributed by atoms with E-state index < -0.39 is 24.3 Å². The zero-order chi connectivity index (χ0) is 24.4. The molecule has 1 amide bonds. The van der Waals surface area contributed by atoms with E-state index in [0.717, 1.165) is 55.1 Å². The standard InChI is InChI=1S/C25H30FN7O3/c1-35-12-15-11-33-21(27-15)7-17(14-2-3-14)28-23(33)29-20-6-18(31-32-20)16-4-5-19(22(16)26)36-24(34)30-25-8-13(9-25)10-25/h6-7,11,13-14,16,19,22H,2-5,8-10,12H2,1H3,(H,30,34)(H2,28,29,31,32)/t13?,16-,19-,22+,25?/m0/s1. The smallest absolute Gasteiger partial charge is 0.407 e. The summed E-state index contributed by atoms with van der Waals surface area (Å²) in [4.78, 5) is 21.8. The number of ether oxygens (including phenoxy) is 2. The molecular weight excluding hydrogens is 465 g/mol. The SMILES string of the molecule is COCc1cn2c(Nc3cc([C@@H]4CC[C@H](OC(=O)NC56CC(C5)C6)[C@@H]4F)[nH]n3)nc(C3CC3)cc2n1. The molecule has 5 fully saturated rings. The summed E-state index contributed by atoms with van der Waals surface area (Å²) in [7, 11) is 1.64. The number of methoxy groups -OCH3 is 1. The quantitative estimate of drug-likeness (QED) is 0.431. The molecule has 5 aliphatic carbocycles. The lowest BCUT2D eigenvalue weighted by atomic mass is 9.50. The molecule has 5 aliphatic rings. The Morgan fingerprint density at radius 3 is 2.78 bits per heavy atom. The number of rotatable bonds is 8. The number of alkyl carbamates (subject to hydrolysis) is 1. The highest BCUT2D eigenvalue weighted by molar-refractivity contribution is 5.69. The second-order valence-electron chi connectivity index (χ2n) is 11.0. The number of alkyl halides is 1. The van der Waals surface area contributed by atoms with Crippen molar-refractivity contribution in [2.75, 3.05) is 12.4 Å². The Bertz CT molecular complexity index is 1300. The Morgan fingerprint density at radius 1 is 1.22 bits per heavy atom. The monoisotopic (exact) mass is 495 g/mol. The average Bonchev–Trinajstić information content (AvgIpc) is 3.26. The molecule has 2 bridgehead atoms. The number of aromatic amines is 1. The molecule has 3 N–H and O–H groups in total. The van der Waals surface area contributed by atoms with E-state index in [4.69, 9.17) is 14.5 Å². The van der Waals surface area contributed by atoms with Crippen LogP contribution in [0.5, 0.6) is 0 Å². The van der Waals surface area contributed by atoms with Gasteiger partial charge in [-0.3, -0.25) is 9.50 Å². The van der Waals surface area contributed by atoms with Gasteiger partial charge in [0.15, 0.2) is 5.82 Å². The van der Waals surface area contributed by atoms with Crippen LogP contribution in [0.4, 0.5) is 21.0 Å². The molecule has 3 heterocycles. The van der Waals surface area contributed by atoms with E-state index in [-0.39, 0.29) is 5.54 Å². The van der Waals surface area contributed by atoms with E-state index in [1.54, 1.807) is 7.11 Å². The van der Waals surface area contributed by atoms with Crippen LogP contribution in [0, 0.1) is 5.92 Å². The summed E-state index contributed by atoms with van der Waals surface area (Å²) in [5.74, 6) is 1.96. The van der Waals surface area contributed by atoms with Gasteiger partial charge >= 0.3 is 6.09 Å². The fraction of sp³-hybridized carbons (Fsp3) is 0.600. The molecule has 0 aromatic carbocycles. The number of fused-ring (bicyclic) bond motifs is 1. The summed E-state index contributed by atoms with van der Waals surface area (Å²) >= 11 is 0. The first-order chi connectivity index (χ1) is 17.5. The van der Waals surface area contributed by atoms with Crippen LogP contribution in [0.15, 0.2) is 18.3 Å². The number of carbonyl (C=O) groups excluding carboxylic acids is 1. The minimum atomic E-state index is -1.29. The predicted octanol–water partition coefficient (Wildman–Crippen LogP) is 4.08. The van der Waals surface area contributed by atoms with Crippen LogP contribution in [0.3, 0.4) is 0 Å². The highest BCUT2D eigenvalue weighted by Crippen LogP contribution is 2.57. The fourth-order valence-corrected chi connectivity index (χ4v) is 6.04. The normalized spacial score (nSPS) is 30.6. The van der Waals surface area contributed by atoms with Crippen molar-refractivity contribution >= 4 is 23.5 Å². The van der Waals surface area contributed by atoms with Crippen LogP contribution >= 0.6 is 0 Å². The molecule has 0 aliphatic heterocycles. The third kappa shape index (κ3) is 3.80. The topological polar surface area (TPSA) is 118 Å². The minimum absolute atomic E-state index is 0.0780. The molecule has 0 radical (unpaired) electrons. The van der Waals surface area contributed by atoms with Crippen LogP contribution in [0.25, 0.3) is 5.65 Å². The Labute approximate surface area is 207 Å². The first-order valence-corrected chi connectivity index (χ1v) is 12.8. The largest absolute Gasteiger partial charge is 0.443 e. The Balaban J connectivity index is 1.05. The van der Waals surface area contributed by atoms with Gasteiger partial charge in [0.25, 0.3) is 0 Å². The summed E-state index contributed by atoms with van der Waals surface area (Å²) in [6.45, 7) is 0.411. The first-order valence-electron chi connectivity index (χ1n) is 12.8. The van der Waals surface area contributed by atoms with Crippen molar-refractivity contribution in [2.24, 2.45) is 5.92 Å². The van der Waals surface area contributed by atoms with Crippen molar-refractivity contribution in [2.45, 2.75) is 81.2 Å². The highest BCUT2D eigenvalue weighted by atomic mass is 19.1. The van der Waals surface area contributed by atoms with E-state index in [1.165, 1.54) is 0 Å². The second-order valence-corrected chi connectivity index (χ2v) is 11.0. The zero-order valence-electron chi connectivity index (χ0n) is 20.2. The van der Waals surface area contributed by atoms with E-state index in [1.807, 2.05) is 22.7 Å². The average molecular weight is 496 g/mol. The molecule has 10 nitrogen and oxygen atoms in total. The molecule has 36 heavy (non-hydrogen) atoms. The van der Waals surface area contributed by atoms with Gasteiger partial charge in [0, 0.05) is 48.5 Å². The molecule has 190 valence electrons. The summed E-state index contributed by atoms with van der Waals surface area (Å²) in [6.07, 6.45) is 5.76. The van der Waals surface area contributed by atoms with Crippen LogP contribution in [0.1, 0.15) is 73.9 Å². The van der Waals surface area contributed by atoms with Gasteiger partial charge in [0.1, 0.15) is 17.9 Å². The number of anilines is 2. The van der Waals surface area contributed by atoms with E-state index >= 15 is 4.39 Å². The molecule has 3 aromatic rings. The van der Waals surface area contributed by atoms with Gasteiger partial charge in [0.2, 0.25) is 5.95 Å². The number of H-pyrrole nitrogens is 1. The van der Waals surface area contributed by atoms with Crippen LogP contribution in [-0.2, 0) is 16.1 Å². The van der Waals surface area contributed by atoms with Crippen molar-refractivity contribution in [1.29, 1.82) is 0 Å². The number of amides is 1. The van der Waals surface area contributed by atoms with Gasteiger partial charge in [0.05, 0.1) is 18.0 Å². The number of nitrogens with one attached hydrogen (secondary N) is 3. The maximum atomic E-state index is 15.3. The summed E-state index contributed by atoms with van der Waals surface area (Å²) in [5.41, 5.74) is 3.22. The number of aromatic nitrogens is 5. The Morgan fingerprint density at radius 2 is 2.06 bits per heavy atom. The summed E-state index contributed by atoms with van der Waals surface area (Å²) in [5, 5.41) is 13.6. The molecule has 0 saturated heterocycles. The van der Waals surface area contributed by atoms with Crippen LogP contribution in [0.2, 0.25) is 0 Å². The number of halogens is 1. The van der Waals surface area contributed by atoms with Gasteiger partial charge in [-0.15, -0.1) is 0 Å². The van der Waals surface area contributed by atoms with Crippen LogP contribution in [-0.4, -0.2) is 55.6 Å². The van der Waals surface area contributed by atoms with Crippen molar-refractivity contribution in [3.05, 3.63) is 35.4 Å². The zero-order valence-corrected chi connectivity index (χ0v) is 20.2. The number of hydrogen-bond acceptors (Lipinski definition) is 7. The van der Waals surface area contributed by atoms with Gasteiger partial charge in [-0.05, 0) is 50.9 Å². The van der Waals surface area contributed by atoms with Crippen molar-refractivity contribution < 1.29 is 18.7 Å². The summed E-state index contributed by atoms with van der Waals surface area (Å²) < 4.78 is 27.9. The first kappa shape index (κ1) is 22.0. The number of carbonyl (C=O) groups is 1. The van der Waals surface area contributed by atoms with Crippen molar-refractivity contribution in [3.63, 3.8) is 0 Å². The maximum absolute atomic E-state index is 15.3. The van der Waals surface area contributed by atoms with Gasteiger partial charge in [-0.2, -0.15) is 5.10 Å². The lowest BCUT2D eigenvalue weighted by molar-refractivity contribution is -0.0532. The molecule has 0 unspecified atom stereocenters. The fourth-order valence-electron chi connectivity index (χ4n) is 6.04.